The molecular formula is C17H13F3N2O2S. The predicted molar refractivity (Wildman–Crippen MR) is 89.4 cm³/mol. The van der Waals surface area contributed by atoms with Crippen LogP contribution in [-0.4, -0.2) is 15.7 Å². The van der Waals surface area contributed by atoms with Crippen molar-refractivity contribution in [2.75, 3.05) is 0 Å². The fourth-order valence-electron chi connectivity index (χ4n) is 2.71. The number of hydrogen-bond acceptors (Lipinski definition) is 3. The summed E-state index contributed by atoms with van der Waals surface area (Å²) in [5, 5.41) is 1.73. The Balaban J connectivity index is 2.06. The second-order valence-electron chi connectivity index (χ2n) is 5.56. The van der Waals surface area contributed by atoms with Gasteiger partial charge in [-0.3, -0.25) is 14.9 Å². The van der Waals surface area contributed by atoms with Crippen LogP contribution in [0.3, 0.4) is 0 Å². The summed E-state index contributed by atoms with van der Waals surface area (Å²) in [7, 11) is 0. The minimum atomic E-state index is -4.42. The molecule has 0 spiro atoms. The van der Waals surface area contributed by atoms with Gasteiger partial charge in [-0.2, -0.15) is 13.2 Å². The van der Waals surface area contributed by atoms with Crippen LogP contribution in [0.1, 0.15) is 22.5 Å². The number of carbonyl (C=O) groups is 2. The van der Waals surface area contributed by atoms with Gasteiger partial charge in [-0.15, -0.1) is 0 Å². The molecule has 2 heterocycles. The molecule has 1 aromatic heterocycles. The lowest BCUT2D eigenvalue weighted by Crippen LogP contribution is -2.17. The number of halogens is 3. The summed E-state index contributed by atoms with van der Waals surface area (Å²) < 4.78 is 40.5. The molecule has 2 amide bonds. The number of aromatic nitrogens is 1. The van der Waals surface area contributed by atoms with Crippen LogP contribution in [0.25, 0.3) is 11.8 Å². The van der Waals surface area contributed by atoms with Gasteiger partial charge in [0.2, 0.25) is 0 Å². The van der Waals surface area contributed by atoms with E-state index in [0.29, 0.717) is 16.9 Å². The van der Waals surface area contributed by atoms with Crippen molar-refractivity contribution in [1.82, 2.24) is 9.88 Å². The van der Waals surface area contributed by atoms with E-state index in [1.54, 1.807) is 36.6 Å². The Morgan fingerprint density at radius 3 is 2.48 bits per heavy atom. The summed E-state index contributed by atoms with van der Waals surface area (Å²) in [6.45, 7) is 3.52. The van der Waals surface area contributed by atoms with E-state index >= 15 is 0 Å². The number of rotatable bonds is 2. The molecule has 0 unspecified atom stereocenters. The molecule has 3 rings (SSSR count). The van der Waals surface area contributed by atoms with Crippen molar-refractivity contribution in [1.29, 1.82) is 0 Å². The predicted octanol–water partition coefficient (Wildman–Crippen LogP) is 4.44. The largest absolute Gasteiger partial charge is 0.416 e. The van der Waals surface area contributed by atoms with Gasteiger partial charge in [0, 0.05) is 17.1 Å². The molecule has 130 valence electrons. The Kier molecular flexibility index (Phi) is 4.24. The Hall–Kier alpha value is -2.48. The lowest BCUT2D eigenvalue weighted by Gasteiger charge is -2.13. The van der Waals surface area contributed by atoms with Gasteiger partial charge >= 0.3 is 6.18 Å². The third kappa shape index (κ3) is 3.34. The topological polar surface area (TPSA) is 51.1 Å². The number of nitrogens with one attached hydrogen (secondary N) is 1. The zero-order chi connectivity index (χ0) is 18.4. The highest BCUT2D eigenvalue weighted by Gasteiger charge is 2.31. The Bertz CT molecular complexity index is 913. The SMILES string of the molecule is Cc1cc(/C=C2\SC(=O)NC2=O)c(C)n1-c1cccc(C(F)(F)F)c1. The monoisotopic (exact) mass is 366 g/mol. The summed E-state index contributed by atoms with van der Waals surface area (Å²) in [5.74, 6) is -0.473. The van der Waals surface area contributed by atoms with Crippen LogP contribution in [0, 0.1) is 13.8 Å². The van der Waals surface area contributed by atoms with Crippen LogP contribution in [0.15, 0.2) is 35.2 Å². The molecule has 2 aromatic rings. The maximum atomic E-state index is 12.9. The zero-order valence-electron chi connectivity index (χ0n) is 13.3. The highest BCUT2D eigenvalue weighted by atomic mass is 32.2. The molecular weight excluding hydrogens is 353 g/mol. The van der Waals surface area contributed by atoms with Gasteiger partial charge in [0.25, 0.3) is 11.1 Å². The number of alkyl halides is 3. The molecule has 1 aliphatic heterocycles. The van der Waals surface area contributed by atoms with Gasteiger partial charge in [-0.05, 0) is 61.5 Å². The van der Waals surface area contributed by atoms with Crippen LogP contribution in [0.5, 0.6) is 0 Å². The normalized spacial score (nSPS) is 16.6. The molecule has 0 radical (unpaired) electrons. The second-order valence-corrected chi connectivity index (χ2v) is 6.58. The van der Waals surface area contributed by atoms with E-state index in [1.165, 1.54) is 6.07 Å². The van der Waals surface area contributed by atoms with Gasteiger partial charge in [0.1, 0.15) is 0 Å². The van der Waals surface area contributed by atoms with Crippen molar-refractivity contribution in [3.63, 3.8) is 0 Å². The van der Waals surface area contributed by atoms with Crippen molar-refractivity contribution < 1.29 is 22.8 Å². The van der Waals surface area contributed by atoms with Crippen LogP contribution < -0.4 is 5.32 Å². The Morgan fingerprint density at radius 2 is 1.88 bits per heavy atom. The van der Waals surface area contributed by atoms with Crippen LogP contribution in [0.2, 0.25) is 0 Å². The molecule has 1 fully saturated rings. The summed E-state index contributed by atoms with van der Waals surface area (Å²) in [6.07, 6.45) is -2.86. The number of thioether (sulfide) groups is 1. The van der Waals surface area contributed by atoms with Gasteiger partial charge in [-0.1, -0.05) is 6.07 Å². The van der Waals surface area contributed by atoms with Crippen LogP contribution >= 0.6 is 11.8 Å². The number of aryl methyl sites for hydroxylation is 1. The smallest absolute Gasteiger partial charge is 0.318 e. The molecule has 0 atom stereocenters. The van der Waals surface area contributed by atoms with Crippen LogP contribution in [0.4, 0.5) is 18.0 Å². The third-order valence-electron chi connectivity index (χ3n) is 3.83. The van der Waals surface area contributed by atoms with E-state index in [2.05, 4.69) is 5.32 Å². The minimum Gasteiger partial charge on any atom is -0.318 e. The maximum absolute atomic E-state index is 12.9. The average molecular weight is 366 g/mol. The fraction of sp³-hybridized carbons (Fsp3) is 0.176. The Labute approximate surface area is 145 Å². The molecule has 1 saturated heterocycles. The standard InChI is InChI=1S/C17H13F3N2O2S/c1-9-6-11(7-14-15(23)21-16(24)25-14)10(2)22(9)13-5-3-4-12(8-13)17(18,19)20/h3-8H,1-2H3,(H,21,23,24)/b14-7-. The molecule has 0 saturated carbocycles. The first kappa shape index (κ1) is 17.3. The second kappa shape index (κ2) is 6.11. The summed E-state index contributed by atoms with van der Waals surface area (Å²) in [6, 6.07) is 6.81. The number of amides is 2. The van der Waals surface area contributed by atoms with Crippen molar-refractivity contribution in [3.05, 3.63) is 57.8 Å². The van der Waals surface area contributed by atoms with E-state index < -0.39 is 22.9 Å². The van der Waals surface area contributed by atoms with E-state index in [4.69, 9.17) is 0 Å². The minimum absolute atomic E-state index is 0.259. The summed E-state index contributed by atoms with van der Waals surface area (Å²) in [4.78, 5) is 23.2. The van der Waals surface area contributed by atoms with Gasteiger partial charge < -0.3 is 4.57 Å². The van der Waals surface area contributed by atoms with Crippen molar-refractivity contribution in [3.8, 4) is 5.69 Å². The molecule has 8 heteroatoms. The zero-order valence-corrected chi connectivity index (χ0v) is 14.1. The molecule has 25 heavy (non-hydrogen) atoms. The summed E-state index contributed by atoms with van der Waals surface area (Å²) >= 11 is 0.797. The molecule has 0 aliphatic carbocycles. The maximum Gasteiger partial charge on any atom is 0.416 e. The number of nitrogens with zero attached hydrogens (tertiary/aromatic N) is 1. The first-order valence-electron chi connectivity index (χ1n) is 7.28. The lowest BCUT2D eigenvalue weighted by molar-refractivity contribution is -0.137. The lowest BCUT2D eigenvalue weighted by atomic mass is 10.2. The number of benzene rings is 1. The highest BCUT2D eigenvalue weighted by molar-refractivity contribution is 8.18. The third-order valence-corrected chi connectivity index (χ3v) is 4.64. The highest BCUT2D eigenvalue weighted by Crippen LogP contribution is 2.32. The van der Waals surface area contributed by atoms with E-state index in [0.717, 1.165) is 29.6 Å². The van der Waals surface area contributed by atoms with Crippen molar-refractivity contribution in [2.24, 2.45) is 0 Å². The number of imide groups is 1. The van der Waals surface area contributed by atoms with Crippen molar-refractivity contribution in [2.45, 2.75) is 20.0 Å². The molecule has 1 aliphatic rings. The number of carbonyl (C=O) groups excluding carboxylic acids is 2. The number of hydrogen-bond donors (Lipinski definition) is 1. The van der Waals surface area contributed by atoms with Crippen LogP contribution in [-0.2, 0) is 11.0 Å². The first-order chi connectivity index (χ1) is 11.7. The Morgan fingerprint density at radius 1 is 1.16 bits per heavy atom. The van der Waals surface area contributed by atoms with Crippen molar-refractivity contribution >= 4 is 29.0 Å². The summed E-state index contributed by atoms with van der Waals surface area (Å²) in [5.41, 5.74) is 1.72. The van der Waals surface area contributed by atoms with Gasteiger partial charge in [0.05, 0.1) is 10.5 Å². The van der Waals surface area contributed by atoms with E-state index in [9.17, 15) is 22.8 Å². The molecule has 0 bridgehead atoms. The van der Waals surface area contributed by atoms with E-state index in [1.807, 2.05) is 0 Å². The molecule has 4 nitrogen and oxygen atoms in total. The van der Waals surface area contributed by atoms with Gasteiger partial charge in [-0.25, -0.2) is 0 Å². The average Bonchev–Trinajstić information content (AvgIpc) is 2.97. The molecule has 1 aromatic carbocycles. The van der Waals surface area contributed by atoms with Gasteiger partial charge in [0.15, 0.2) is 0 Å². The first-order valence-corrected chi connectivity index (χ1v) is 8.10. The molecule has 1 N–H and O–H groups in total. The fourth-order valence-corrected chi connectivity index (χ4v) is 3.39. The van der Waals surface area contributed by atoms with E-state index in [-0.39, 0.29) is 4.91 Å². The quantitative estimate of drug-likeness (QED) is 0.800.